The molecule has 2 fully saturated rings. The van der Waals surface area contributed by atoms with Gasteiger partial charge in [0.05, 0.1) is 17.4 Å². The van der Waals surface area contributed by atoms with Crippen LogP contribution in [0.15, 0.2) is 6.20 Å². The van der Waals surface area contributed by atoms with Gasteiger partial charge in [0.15, 0.2) is 0 Å². The molecule has 104 valence electrons. The van der Waals surface area contributed by atoms with Crippen LogP contribution in [0, 0.1) is 5.95 Å². The van der Waals surface area contributed by atoms with Crippen molar-refractivity contribution in [3.05, 3.63) is 17.7 Å². The summed E-state index contributed by atoms with van der Waals surface area (Å²) in [5.41, 5.74) is -0.519. The highest BCUT2D eigenvalue weighted by atomic mass is 19.1. The molecule has 1 aromatic rings. The molecule has 0 spiro atoms. The first-order valence-corrected chi connectivity index (χ1v) is 6.53. The normalized spacial score (nSPS) is 34.8. The van der Waals surface area contributed by atoms with Gasteiger partial charge in [0.25, 0.3) is 0 Å². The molecule has 2 aliphatic rings. The fourth-order valence-corrected chi connectivity index (χ4v) is 2.53. The second kappa shape index (κ2) is 3.82. The van der Waals surface area contributed by atoms with E-state index < -0.39 is 31.2 Å². The van der Waals surface area contributed by atoms with Crippen molar-refractivity contribution in [3.63, 3.8) is 0 Å². The molecule has 2 atom stereocenters. The first-order chi connectivity index (χ1) is 9.94. The van der Waals surface area contributed by atoms with Crippen LogP contribution in [0.3, 0.4) is 0 Å². The van der Waals surface area contributed by atoms with Gasteiger partial charge in [-0.15, -0.1) is 0 Å². The monoisotopic (exact) mass is 269 g/mol. The summed E-state index contributed by atoms with van der Waals surface area (Å²) < 4.78 is 48.4. The van der Waals surface area contributed by atoms with Gasteiger partial charge in [-0.25, -0.2) is 4.68 Å². The second-order valence-electron chi connectivity index (χ2n) is 6.43. The third-order valence-corrected chi connectivity index (χ3v) is 4.60. The molecule has 3 rings (SSSR count). The SMILES string of the molecule is [2H]C([2H])([2H])n1ncc([C@H]2C[C@@H]2B2OC(C)(C)C(C)(C)O2)c1F. The van der Waals surface area contributed by atoms with Crippen molar-refractivity contribution in [2.75, 3.05) is 0 Å². The maximum Gasteiger partial charge on any atom is 0.461 e. The maximum absolute atomic E-state index is 14.2. The Hall–Kier alpha value is -0.875. The minimum atomic E-state index is -2.60. The summed E-state index contributed by atoms with van der Waals surface area (Å²) >= 11 is 0. The number of hydrogen-bond acceptors (Lipinski definition) is 3. The average Bonchev–Trinajstić information content (AvgIpc) is 2.96. The smallest absolute Gasteiger partial charge is 0.403 e. The number of nitrogens with zero attached hydrogens (tertiary/aromatic N) is 2. The summed E-state index contributed by atoms with van der Waals surface area (Å²) in [6.07, 6.45) is 2.01. The standard InChI is InChI=1S/C13H20BFN2O2/c1-12(2)13(3,4)19-14(18-12)10-6-8(10)9-7-16-17(5)11(9)15/h7-8,10H,6H2,1-5H3/t8-,10+/m1/s1/i5D3. The first kappa shape index (κ1) is 9.94. The van der Waals surface area contributed by atoms with Crippen molar-refractivity contribution >= 4 is 7.12 Å². The zero-order chi connectivity index (χ0) is 16.5. The number of halogens is 1. The predicted molar refractivity (Wildman–Crippen MR) is 70.4 cm³/mol. The fourth-order valence-electron chi connectivity index (χ4n) is 2.53. The van der Waals surface area contributed by atoms with Gasteiger partial charge in [0, 0.05) is 22.5 Å². The molecule has 0 amide bonds. The largest absolute Gasteiger partial charge is 0.461 e. The Kier molecular flexibility index (Phi) is 2.00. The minimum absolute atomic E-state index is 0.0322. The molecule has 0 N–H and O–H groups in total. The molecule has 1 saturated heterocycles. The van der Waals surface area contributed by atoms with E-state index >= 15 is 0 Å². The molecule has 6 heteroatoms. The lowest BCUT2D eigenvalue weighted by Gasteiger charge is -2.32. The van der Waals surface area contributed by atoms with E-state index in [-0.39, 0.29) is 11.7 Å². The summed E-state index contributed by atoms with van der Waals surface area (Å²) in [5.74, 6) is -0.861. The van der Waals surface area contributed by atoms with Crippen LogP contribution in [-0.4, -0.2) is 28.1 Å². The van der Waals surface area contributed by atoms with E-state index in [0.717, 1.165) is 0 Å². The van der Waals surface area contributed by atoms with Crippen molar-refractivity contribution in [1.29, 1.82) is 0 Å². The molecule has 4 nitrogen and oxygen atoms in total. The Morgan fingerprint density at radius 2 is 2.05 bits per heavy atom. The summed E-state index contributed by atoms with van der Waals surface area (Å²) in [6.45, 7) is 5.28. The van der Waals surface area contributed by atoms with Gasteiger partial charge >= 0.3 is 7.12 Å². The van der Waals surface area contributed by atoms with Crippen molar-refractivity contribution in [1.82, 2.24) is 9.78 Å². The van der Waals surface area contributed by atoms with Crippen LogP contribution >= 0.6 is 0 Å². The van der Waals surface area contributed by atoms with Gasteiger partial charge in [-0.1, -0.05) is 0 Å². The lowest BCUT2D eigenvalue weighted by molar-refractivity contribution is 0.00578. The Morgan fingerprint density at radius 3 is 2.58 bits per heavy atom. The topological polar surface area (TPSA) is 36.3 Å². The van der Waals surface area contributed by atoms with Crippen molar-refractivity contribution in [3.8, 4) is 0 Å². The maximum atomic E-state index is 14.2. The van der Waals surface area contributed by atoms with Crippen LogP contribution < -0.4 is 0 Å². The van der Waals surface area contributed by atoms with Crippen LogP contribution in [0.25, 0.3) is 0 Å². The van der Waals surface area contributed by atoms with Crippen LogP contribution in [-0.2, 0) is 16.3 Å². The molecule has 0 aromatic carbocycles. The molecule has 19 heavy (non-hydrogen) atoms. The van der Waals surface area contributed by atoms with Crippen LogP contribution in [0.4, 0.5) is 4.39 Å². The highest BCUT2D eigenvalue weighted by Gasteiger charge is 2.60. The molecule has 0 unspecified atom stereocenters. The first-order valence-electron chi connectivity index (χ1n) is 8.03. The van der Waals surface area contributed by atoms with Crippen LogP contribution in [0.5, 0.6) is 0 Å². The fraction of sp³-hybridized carbons (Fsp3) is 0.769. The molecule has 0 bridgehead atoms. The highest BCUT2D eigenvalue weighted by Crippen LogP contribution is 2.58. The van der Waals surface area contributed by atoms with E-state index in [2.05, 4.69) is 5.10 Å². The number of rotatable bonds is 2. The number of hydrogen-bond donors (Lipinski definition) is 0. The predicted octanol–water partition coefficient (Wildman–Crippen LogP) is 2.51. The number of aryl methyl sites for hydroxylation is 1. The minimum Gasteiger partial charge on any atom is -0.403 e. The Balaban J connectivity index is 1.75. The van der Waals surface area contributed by atoms with Gasteiger partial charge in [-0.2, -0.15) is 9.49 Å². The Bertz CT molecular complexity index is 587. The van der Waals surface area contributed by atoms with E-state index in [1.807, 2.05) is 27.7 Å². The lowest BCUT2D eigenvalue weighted by Crippen LogP contribution is -2.41. The van der Waals surface area contributed by atoms with Gasteiger partial charge in [0.2, 0.25) is 5.95 Å². The van der Waals surface area contributed by atoms with E-state index in [9.17, 15) is 4.39 Å². The zero-order valence-corrected chi connectivity index (χ0v) is 11.6. The van der Waals surface area contributed by atoms with Crippen molar-refractivity contribution in [2.45, 2.75) is 57.1 Å². The zero-order valence-electron chi connectivity index (χ0n) is 14.6. The third-order valence-electron chi connectivity index (χ3n) is 4.60. The van der Waals surface area contributed by atoms with Crippen molar-refractivity contribution in [2.24, 2.45) is 6.98 Å². The van der Waals surface area contributed by atoms with Crippen molar-refractivity contribution < 1.29 is 17.8 Å². The van der Waals surface area contributed by atoms with Crippen LogP contribution in [0.2, 0.25) is 5.82 Å². The van der Waals surface area contributed by atoms with E-state index in [1.165, 1.54) is 6.20 Å². The molecule has 1 aliphatic carbocycles. The van der Waals surface area contributed by atoms with E-state index in [0.29, 0.717) is 16.7 Å². The molecule has 0 radical (unpaired) electrons. The van der Waals surface area contributed by atoms with Gasteiger partial charge in [-0.3, -0.25) is 0 Å². The summed E-state index contributed by atoms with van der Waals surface area (Å²) in [5, 5.41) is 3.66. The van der Waals surface area contributed by atoms with Gasteiger partial charge in [0.1, 0.15) is 0 Å². The average molecular weight is 269 g/mol. The van der Waals surface area contributed by atoms with E-state index in [1.54, 1.807) is 0 Å². The molecule has 2 heterocycles. The number of aromatic nitrogens is 2. The second-order valence-corrected chi connectivity index (χ2v) is 6.43. The van der Waals surface area contributed by atoms with Gasteiger partial charge < -0.3 is 9.31 Å². The summed E-state index contributed by atoms with van der Waals surface area (Å²) in [7, 11) is -0.398. The molecular formula is C13H20BFN2O2. The Morgan fingerprint density at radius 1 is 1.42 bits per heavy atom. The molecule has 1 aromatic heterocycles. The Labute approximate surface area is 117 Å². The van der Waals surface area contributed by atoms with Gasteiger partial charge in [-0.05, 0) is 40.0 Å². The lowest BCUT2D eigenvalue weighted by atomic mass is 9.80. The third kappa shape index (κ3) is 1.92. The van der Waals surface area contributed by atoms with E-state index in [4.69, 9.17) is 13.4 Å². The molecule has 1 aliphatic heterocycles. The highest BCUT2D eigenvalue weighted by molar-refractivity contribution is 6.49. The van der Waals surface area contributed by atoms with Crippen LogP contribution in [0.1, 0.15) is 49.7 Å². The quantitative estimate of drug-likeness (QED) is 0.774. The summed E-state index contributed by atoms with van der Waals surface area (Å²) in [6, 6.07) is 0. The summed E-state index contributed by atoms with van der Waals surface area (Å²) in [4.78, 5) is 0. The molecule has 1 saturated carbocycles. The molecular weight excluding hydrogens is 246 g/mol.